The maximum absolute atomic E-state index is 11.9. The first-order valence-corrected chi connectivity index (χ1v) is 8.40. The number of carbonyl (C=O) groups is 2. The first-order valence-electron chi connectivity index (χ1n) is 6.58. The standard InChI is InChI=1S/C12H19NO5S/c14-11(9-1-2-10(5-9)12(15)16)13-6-8-3-4-19(17,18)7-8/h8-10H,1-7H2,(H,13,14)(H,15,16)/t8?,9-,10+/m1/s1. The fourth-order valence-electron chi connectivity index (χ4n) is 2.87. The van der Waals surface area contributed by atoms with E-state index >= 15 is 0 Å². The molecule has 0 aromatic rings. The summed E-state index contributed by atoms with van der Waals surface area (Å²) >= 11 is 0. The number of carbonyl (C=O) groups excluding carboxylic acids is 1. The molecule has 0 bridgehead atoms. The Morgan fingerprint density at radius 3 is 2.37 bits per heavy atom. The van der Waals surface area contributed by atoms with E-state index in [1.54, 1.807) is 0 Å². The summed E-state index contributed by atoms with van der Waals surface area (Å²) in [7, 11) is -2.91. The van der Waals surface area contributed by atoms with Crippen LogP contribution in [0.25, 0.3) is 0 Å². The highest BCUT2D eigenvalue weighted by atomic mass is 32.2. The van der Waals surface area contributed by atoms with Gasteiger partial charge in [0.2, 0.25) is 5.91 Å². The van der Waals surface area contributed by atoms with Crippen LogP contribution in [0.1, 0.15) is 25.7 Å². The molecule has 1 aliphatic heterocycles. The SMILES string of the molecule is O=C(O)[C@H]1CC[C@@H](C(=O)NCC2CCS(=O)(=O)C2)C1. The number of nitrogens with one attached hydrogen (secondary N) is 1. The van der Waals surface area contributed by atoms with Crippen molar-refractivity contribution in [2.75, 3.05) is 18.1 Å². The van der Waals surface area contributed by atoms with Crippen molar-refractivity contribution < 1.29 is 23.1 Å². The van der Waals surface area contributed by atoms with Crippen molar-refractivity contribution in [3.8, 4) is 0 Å². The first kappa shape index (κ1) is 14.3. The second-order valence-electron chi connectivity index (χ2n) is 5.56. The summed E-state index contributed by atoms with van der Waals surface area (Å²) in [6, 6.07) is 0. The van der Waals surface area contributed by atoms with E-state index in [9.17, 15) is 18.0 Å². The van der Waals surface area contributed by atoms with Crippen molar-refractivity contribution in [2.24, 2.45) is 17.8 Å². The van der Waals surface area contributed by atoms with Crippen LogP contribution in [-0.4, -0.2) is 43.5 Å². The fourth-order valence-corrected chi connectivity index (χ4v) is 4.73. The molecule has 2 rings (SSSR count). The van der Waals surface area contributed by atoms with Gasteiger partial charge in [0.05, 0.1) is 17.4 Å². The van der Waals surface area contributed by atoms with E-state index in [-0.39, 0.29) is 29.2 Å². The highest BCUT2D eigenvalue weighted by Crippen LogP contribution is 2.31. The smallest absolute Gasteiger partial charge is 0.306 e. The van der Waals surface area contributed by atoms with Crippen LogP contribution in [0.4, 0.5) is 0 Å². The largest absolute Gasteiger partial charge is 0.481 e. The van der Waals surface area contributed by atoms with Gasteiger partial charge in [-0.1, -0.05) is 0 Å². The van der Waals surface area contributed by atoms with Crippen LogP contribution in [0.5, 0.6) is 0 Å². The van der Waals surface area contributed by atoms with Gasteiger partial charge in [0.15, 0.2) is 9.84 Å². The van der Waals surface area contributed by atoms with Crippen LogP contribution < -0.4 is 5.32 Å². The molecule has 1 amide bonds. The van der Waals surface area contributed by atoms with Crippen molar-refractivity contribution in [3.63, 3.8) is 0 Å². The number of amides is 1. The molecule has 0 aromatic carbocycles. The molecular formula is C12H19NO5S. The normalized spacial score (nSPS) is 33.2. The minimum atomic E-state index is -2.91. The third kappa shape index (κ3) is 3.68. The predicted octanol–water partition coefficient (Wildman–Crippen LogP) is 0.0382. The van der Waals surface area contributed by atoms with E-state index in [1.807, 2.05) is 0 Å². The quantitative estimate of drug-likeness (QED) is 0.761. The number of sulfone groups is 1. The van der Waals surface area contributed by atoms with Gasteiger partial charge in [-0.15, -0.1) is 0 Å². The maximum Gasteiger partial charge on any atom is 0.306 e. The zero-order valence-corrected chi connectivity index (χ0v) is 11.5. The molecule has 19 heavy (non-hydrogen) atoms. The summed E-state index contributed by atoms with van der Waals surface area (Å²) in [6.07, 6.45) is 2.14. The summed E-state index contributed by atoms with van der Waals surface area (Å²) in [5.74, 6) is -1.26. The molecule has 1 aliphatic carbocycles. The lowest BCUT2D eigenvalue weighted by molar-refractivity contribution is -0.141. The van der Waals surface area contributed by atoms with Gasteiger partial charge in [-0.05, 0) is 31.6 Å². The Morgan fingerprint density at radius 2 is 1.84 bits per heavy atom. The van der Waals surface area contributed by atoms with E-state index in [0.29, 0.717) is 32.2 Å². The molecule has 1 unspecified atom stereocenters. The molecule has 0 aromatic heterocycles. The Kier molecular flexibility index (Phi) is 4.13. The molecule has 2 N–H and O–H groups in total. The second kappa shape index (κ2) is 5.48. The van der Waals surface area contributed by atoms with Crippen LogP contribution in [0, 0.1) is 17.8 Å². The van der Waals surface area contributed by atoms with Crippen molar-refractivity contribution in [1.82, 2.24) is 5.32 Å². The highest BCUT2D eigenvalue weighted by Gasteiger charge is 2.34. The Balaban J connectivity index is 1.75. The average molecular weight is 289 g/mol. The lowest BCUT2D eigenvalue weighted by Gasteiger charge is -2.13. The molecule has 1 saturated carbocycles. The third-order valence-corrected chi connectivity index (χ3v) is 5.88. The number of rotatable bonds is 4. The topological polar surface area (TPSA) is 101 Å². The molecule has 108 valence electrons. The van der Waals surface area contributed by atoms with Gasteiger partial charge in [-0.25, -0.2) is 8.42 Å². The molecule has 2 aliphatic rings. The predicted molar refractivity (Wildman–Crippen MR) is 68.2 cm³/mol. The summed E-state index contributed by atoms with van der Waals surface area (Å²) in [4.78, 5) is 22.7. The summed E-state index contributed by atoms with van der Waals surface area (Å²) in [5, 5.41) is 11.6. The van der Waals surface area contributed by atoms with Crippen molar-refractivity contribution >= 4 is 21.7 Å². The Hall–Kier alpha value is -1.11. The minimum Gasteiger partial charge on any atom is -0.481 e. The number of carboxylic acid groups (broad SMARTS) is 1. The summed E-state index contributed by atoms with van der Waals surface area (Å²) < 4.78 is 22.6. The number of carboxylic acids is 1. The average Bonchev–Trinajstić information content (AvgIpc) is 2.92. The van der Waals surface area contributed by atoms with Gasteiger partial charge in [0.1, 0.15) is 0 Å². The zero-order valence-electron chi connectivity index (χ0n) is 10.7. The summed E-state index contributed by atoms with van der Waals surface area (Å²) in [5.41, 5.74) is 0. The Labute approximate surface area is 112 Å². The molecule has 0 spiro atoms. The molecule has 6 nitrogen and oxygen atoms in total. The van der Waals surface area contributed by atoms with E-state index in [4.69, 9.17) is 5.11 Å². The molecule has 2 fully saturated rings. The van der Waals surface area contributed by atoms with Crippen molar-refractivity contribution in [2.45, 2.75) is 25.7 Å². The van der Waals surface area contributed by atoms with Gasteiger partial charge < -0.3 is 10.4 Å². The molecule has 3 atom stereocenters. The first-order chi connectivity index (χ1) is 8.87. The number of aliphatic carboxylic acids is 1. The fraction of sp³-hybridized carbons (Fsp3) is 0.833. The van der Waals surface area contributed by atoms with Crippen molar-refractivity contribution in [3.05, 3.63) is 0 Å². The zero-order chi connectivity index (χ0) is 14.0. The van der Waals surface area contributed by atoms with Crippen LogP contribution >= 0.6 is 0 Å². The van der Waals surface area contributed by atoms with E-state index in [0.717, 1.165) is 0 Å². The molecular weight excluding hydrogens is 270 g/mol. The van der Waals surface area contributed by atoms with Crippen LogP contribution in [0.2, 0.25) is 0 Å². The highest BCUT2D eigenvalue weighted by molar-refractivity contribution is 7.91. The van der Waals surface area contributed by atoms with Crippen LogP contribution in [-0.2, 0) is 19.4 Å². The van der Waals surface area contributed by atoms with E-state index in [2.05, 4.69) is 5.32 Å². The number of hydrogen-bond acceptors (Lipinski definition) is 4. The lowest BCUT2D eigenvalue weighted by atomic mass is 10.0. The number of hydrogen-bond donors (Lipinski definition) is 2. The molecule has 7 heteroatoms. The van der Waals surface area contributed by atoms with Gasteiger partial charge in [-0.2, -0.15) is 0 Å². The lowest BCUT2D eigenvalue weighted by Crippen LogP contribution is -2.34. The van der Waals surface area contributed by atoms with E-state index < -0.39 is 21.7 Å². The molecule has 1 heterocycles. The maximum atomic E-state index is 11.9. The van der Waals surface area contributed by atoms with Crippen LogP contribution in [0.15, 0.2) is 0 Å². The van der Waals surface area contributed by atoms with Gasteiger partial charge in [0.25, 0.3) is 0 Å². The Morgan fingerprint density at radius 1 is 1.16 bits per heavy atom. The second-order valence-corrected chi connectivity index (χ2v) is 7.79. The van der Waals surface area contributed by atoms with Gasteiger partial charge in [0, 0.05) is 12.5 Å². The van der Waals surface area contributed by atoms with Gasteiger partial charge >= 0.3 is 5.97 Å². The van der Waals surface area contributed by atoms with Crippen LogP contribution in [0.3, 0.4) is 0 Å². The van der Waals surface area contributed by atoms with Crippen molar-refractivity contribution in [1.29, 1.82) is 0 Å². The Bertz CT molecular complexity index is 473. The van der Waals surface area contributed by atoms with E-state index in [1.165, 1.54) is 0 Å². The van der Waals surface area contributed by atoms with Gasteiger partial charge in [-0.3, -0.25) is 9.59 Å². The third-order valence-electron chi connectivity index (χ3n) is 4.04. The summed E-state index contributed by atoms with van der Waals surface area (Å²) in [6.45, 7) is 0.381. The minimum absolute atomic E-state index is 0.00521. The molecule has 0 radical (unpaired) electrons. The molecule has 1 saturated heterocycles. The monoisotopic (exact) mass is 289 g/mol.